The van der Waals surface area contributed by atoms with Crippen LogP contribution in [-0.4, -0.2) is 124 Å². The van der Waals surface area contributed by atoms with Gasteiger partial charge in [-0.05, 0) is 41.7 Å². The Morgan fingerprint density at radius 3 is 2.46 bits per heavy atom. The smallest absolute Gasteiger partial charge is 0.246 e. The van der Waals surface area contributed by atoms with Crippen molar-refractivity contribution in [2.45, 2.75) is 58.8 Å². The van der Waals surface area contributed by atoms with Crippen LogP contribution < -0.4 is 21.3 Å². The number of nitrogens with zero attached hydrogens (tertiary/aromatic N) is 6. The topological polar surface area (TPSA) is 199 Å². The monoisotopic (exact) mass is 785 g/mol. The number of aromatic nitrogens is 3. The lowest BCUT2D eigenvalue weighted by molar-refractivity contribution is -0.144. The molecule has 0 aliphatic carbocycles. The number of hydrogen-bond acceptors (Lipinski definition) is 13. The number of likely N-dealkylation sites (tertiary alicyclic amines) is 1. The average Bonchev–Trinajstić information content (AvgIpc) is 3.80. The second kappa shape index (κ2) is 17.7. The summed E-state index contributed by atoms with van der Waals surface area (Å²) in [5, 5.41) is 34.9. The third kappa shape index (κ3) is 9.79. The number of nitrogens with one attached hydrogen (secondary N) is 2. The molecule has 6 rings (SSSR count). The summed E-state index contributed by atoms with van der Waals surface area (Å²) in [5.74, 6) is -0.796. The molecule has 0 spiro atoms. The third-order valence-electron chi connectivity index (χ3n) is 10.2. The summed E-state index contributed by atoms with van der Waals surface area (Å²) < 4.78 is 5.75. The van der Waals surface area contributed by atoms with E-state index in [0.29, 0.717) is 43.3 Å². The Morgan fingerprint density at radius 2 is 1.79 bits per heavy atom. The molecule has 2 fully saturated rings. The molecule has 6 N–H and O–H groups in total. The number of benzene rings is 2. The zero-order valence-corrected chi connectivity index (χ0v) is 33.1. The molecule has 56 heavy (non-hydrogen) atoms. The highest BCUT2D eigenvalue weighted by atomic mass is 32.1. The van der Waals surface area contributed by atoms with Crippen LogP contribution in [0.2, 0.25) is 0 Å². The Morgan fingerprint density at radius 1 is 1.05 bits per heavy atom. The van der Waals surface area contributed by atoms with Crippen LogP contribution in [0.15, 0.2) is 60.1 Å². The second-order valence-corrected chi connectivity index (χ2v) is 16.2. The van der Waals surface area contributed by atoms with Crippen molar-refractivity contribution in [2.75, 3.05) is 63.1 Å². The average molecular weight is 786 g/mol. The fourth-order valence-electron chi connectivity index (χ4n) is 7.02. The van der Waals surface area contributed by atoms with Crippen LogP contribution in [0.1, 0.15) is 38.4 Å². The summed E-state index contributed by atoms with van der Waals surface area (Å²) >= 11 is 1.57. The van der Waals surface area contributed by atoms with Gasteiger partial charge in [0.1, 0.15) is 24.4 Å². The summed E-state index contributed by atoms with van der Waals surface area (Å²) in [6.45, 7) is 11.3. The Hall–Kier alpha value is -5.16. The van der Waals surface area contributed by atoms with Crippen LogP contribution in [0.4, 0.5) is 11.5 Å². The number of rotatable bonds is 13. The van der Waals surface area contributed by atoms with Crippen LogP contribution in [0.3, 0.4) is 0 Å². The first-order valence-corrected chi connectivity index (χ1v) is 19.7. The Bertz CT molecular complexity index is 1990. The van der Waals surface area contributed by atoms with Crippen LogP contribution >= 0.6 is 11.3 Å². The van der Waals surface area contributed by atoms with Crippen molar-refractivity contribution < 1.29 is 29.3 Å². The maximum atomic E-state index is 14.0. The van der Waals surface area contributed by atoms with Gasteiger partial charge < -0.3 is 41.1 Å². The van der Waals surface area contributed by atoms with E-state index in [4.69, 9.17) is 10.5 Å². The van der Waals surface area contributed by atoms with E-state index in [9.17, 15) is 24.6 Å². The highest BCUT2D eigenvalue weighted by molar-refractivity contribution is 7.13. The van der Waals surface area contributed by atoms with Gasteiger partial charge in [0, 0.05) is 57.8 Å². The lowest BCUT2D eigenvalue weighted by atomic mass is 9.85. The van der Waals surface area contributed by atoms with Gasteiger partial charge in [0.25, 0.3) is 0 Å². The zero-order valence-electron chi connectivity index (χ0n) is 32.3. The van der Waals surface area contributed by atoms with E-state index in [1.807, 2.05) is 69.6 Å². The molecule has 4 aromatic rings. The quantitative estimate of drug-likeness (QED) is 0.125. The standard InChI is InChI=1S/C40H51N9O6S/c1-25-35(56-24-43-25)27-11-9-26(10-12-27)21-42-38(53)32-19-28(50)22-49(32)39(54)36(40(2,3)4)44-34(52)23-55-18-17-47-13-15-48(16-14-47)31-20-30(45-46-37(31)41)29-7-5-6-8-33(29)51/h5-12,20,24,28,32,36,50-51H,13-19,21-23H2,1-4H3,(H2,41,46)(H,42,53)(H,44,52)/t28-,32+,36-/m1/s1. The molecule has 2 aliphatic heterocycles. The predicted molar refractivity (Wildman–Crippen MR) is 215 cm³/mol. The molecule has 2 aromatic carbocycles. The lowest BCUT2D eigenvalue weighted by Crippen LogP contribution is -2.58. The van der Waals surface area contributed by atoms with Gasteiger partial charge in [-0.15, -0.1) is 21.5 Å². The van der Waals surface area contributed by atoms with Crippen molar-refractivity contribution in [2.24, 2.45) is 5.41 Å². The van der Waals surface area contributed by atoms with E-state index in [1.54, 1.807) is 29.5 Å². The molecule has 2 aromatic heterocycles. The highest BCUT2D eigenvalue weighted by Crippen LogP contribution is 2.32. The van der Waals surface area contributed by atoms with Crippen LogP contribution in [0.5, 0.6) is 5.75 Å². The van der Waals surface area contributed by atoms with Crippen molar-refractivity contribution in [1.82, 2.24) is 35.6 Å². The largest absolute Gasteiger partial charge is 0.507 e. The molecule has 3 atom stereocenters. The van der Waals surface area contributed by atoms with Gasteiger partial charge in [-0.1, -0.05) is 57.2 Å². The number of thiazole rings is 1. The summed E-state index contributed by atoms with van der Waals surface area (Å²) in [6, 6.07) is 14.9. The number of nitrogen functional groups attached to an aromatic ring is 1. The number of phenolic OH excluding ortho intramolecular Hbond substituents is 1. The van der Waals surface area contributed by atoms with Gasteiger partial charge in [0.05, 0.1) is 40.2 Å². The van der Waals surface area contributed by atoms with Crippen LogP contribution in [0.25, 0.3) is 21.7 Å². The molecule has 3 amide bonds. The number of nitrogens with two attached hydrogens (primary N) is 1. The number of anilines is 2. The Balaban J connectivity index is 0.959. The van der Waals surface area contributed by atoms with Crippen LogP contribution in [-0.2, 0) is 25.7 Å². The van der Waals surface area contributed by atoms with Crippen molar-refractivity contribution in [1.29, 1.82) is 0 Å². The number of carbonyl (C=O) groups excluding carboxylic acids is 3. The molecule has 15 nitrogen and oxygen atoms in total. The number of phenols is 1. The molecular weight excluding hydrogens is 735 g/mol. The predicted octanol–water partition coefficient (Wildman–Crippen LogP) is 2.81. The highest BCUT2D eigenvalue weighted by Gasteiger charge is 2.44. The minimum absolute atomic E-state index is 0.00588. The first-order chi connectivity index (χ1) is 26.8. The number of aliphatic hydroxyl groups excluding tert-OH is 1. The maximum Gasteiger partial charge on any atom is 0.246 e. The molecule has 0 saturated carbocycles. The number of piperazine rings is 1. The van der Waals surface area contributed by atoms with Crippen molar-refractivity contribution >= 4 is 40.6 Å². The summed E-state index contributed by atoms with van der Waals surface area (Å²) in [7, 11) is 0. The van der Waals surface area contributed by atoms with Gasteiger partial charge in [0.2, 0.25) is 17.7 Å². The fourth-order valence-corrected chi connectivity index (χ4v) is 7.83. The SMILES string of the molecule is Cc1ncsc1-c1ccc(CNC(=O)[C@@H]2C[C@@H](O)CN2C(=O)[C@@H](NC(=O)COCCN2CCN(c3cc(-c4ccccc4O)nnc3N)CC2)C(C)(C)C)cc1. The lowest BCUT2D eigenvalue weighted by Gasteiger charge is -2.36. The number of hydrogen-bond donors (Lipinski definition) is 5. The number of β-amino-alcohol motifs (C(OH)–C–C–N with tert-alkyl or cyclic N) is 1. The number of aryl methyl sites for hydroxylation is 1. The van der Waals surface area contributed by atoms with E-state index in [0.717, 1.165) is 40.5 Å². The normalized spacial score (nSPS) is 18.2. The summed E-state index contributed by atoms with van der Waals surface area (Å²) in [4.78, 5) is 51.6. The molecule has 0 bridgehead atoms. The van der Waals surface area contributed by atoms with Crippen LogP contribution in [0, 0.1) is 12.3 Å². The van der Waals surface area contributed by atoms with Crippen molar-refractivity contribution in [3.05, 3.63) is 71.4 Å². The van der Waals surface area contributed by atoms with Gasteiger partial charge in [-0.3, -0.25) is 19.3 Å². The minimum Gasteiger partial charge on any atom is -0.507 e. The van der Waals surface area contributed by atoms with Crippen molar-refractivity contribution in [3.63, 3.8) is 0 Å². The van der Waals surface area contributed by atoms with Crippen molar-refractivity contribution in [3.8, 4) is 27.4 Å². The Labute approximate surface area is 330 Å². The van der Waals surface area contributed by atoms with E-state index < -0.39 is 35.4 Å². The molecule has 4 heterocycles. The number of amides is 3. The number of para-hydroxylation sites is 1. The molecule has 0 unspecified atom stereocenters. The molecule has 2 saturated heterocycles. The number of ether oxygens (including phenoxy) is 1. The fraction of sp³-hybridized carbons (Fsp3) is 0.450. The van der Waals surface area contributed by atoms with E-state index in [-0.39, 0.29) is 37.8 Å². The van der Waals surface area contributed by atoms with E-state index >= 15 is 0 Å². The molecular formula is C40H51N9O6S. The molecule has 16 heteroatoms. The summed E-state index contributed by atoms with van der Waals surface area (Å²) in [6.07, 6.45) is -0.756. The van der Waals surface area contributed by atoms with Gasteiger partial charge in [-0.25, -0.2) is 4.98 Å². The maximum absolute atomic E-state index is 14.0. The van der Waals surface area contributed by atoms with Gasteiger partial charge in [-0.2, -0.15) is 0 Å². The first-order valence-electron chi connectivity index (χ1n) is 18.8. The molecule has 2 aliphatic rings. The number of aliphatic hydroxyl groups is 1. The Kier molecular flexibility index (Phi) is 12.8. The number of carbonyl (C=O) groups is 3. The molecule has 298 valence electrons. The molecule has 0 radical (unpaired) electrons. The van der Waals surface area contributed by atoms with E-state index in [2.05, 4.69) is 35.6 Å². The van der Waals surface area contributed by atoms with Gasteiger partial charge >= 0.3 is 0 Å². The number of aromatic hydroxyl groups is 1. The third-order valence-corrected chi connectivity index (χ3v) is 11.2. The first kappa shape index (κ1) is 40.5. The minimum atomic E-state index is -0.948. The van der Waals surface area contributed by atoms with Gasteiger partial charge in [0.15, 0.2) is 5.82 Å². The zero-order chi connectivity index (χ0) is 40.0. The summed E-state index contributed by atoms with van der Waals surface area (Å²) in [5.41, 5.74) is 12.1. The second-order valence-electron chi connectivity index (χ2n) is 15.3. The van der Waals surface area contributed by atoms with E-state index in [1.165, 1.54) is 4.90 Å².